The van der Waals surface area contributed by atoms with Crippen molar-refractivity contribution in [1.29, 1.82) is 0 Å². The van der Waals surface area contributed by atoms with Gasteiger partial charge in [0.1, 0.15) is 11.6 Å². The lowest BCUT2D eigenvalue weighted by Crippen LogP contribution is -2.15. The van der Waals surface area contributed by atoms with Crippen LogP contribution in [0.4, 0.5) is 8.78 Å². The Morgan fingerprint density at radius 2 is 1.13 bits per heavy atom. The Balaban J connectivity index is 0.000000128. The van der Waals surface area contributed by atoms with E-state index in [0.29, 0.717) is 13.2 Å². The summed E-state index contributed by atoms with van der Waals surface area (Å²) in [5.41, 5.74) is 4.34. The molecule has 6 rings (SSSR count). The standard InChI is InChI=1S/2C11H9BrFNO/c2*12-11-8-5-7(13)1-2-9(8)14-3-4-15-6-10(11)14/h2*1-2,5H,3-4,6H2. The summed E-state index contributed by atoms with van der Waals surface area (Å²) < 4.78 is 43.3. The third kappa shape index (κ3) is 3.39. The average molecular weight is 540 g/mol. The van der Waals surface area contributed by atoms with Gasteiger partial charge in [0.2, 0.25) is 0 Å². The number of rotatable bonds is 0. The normalized spacial score (nSPS) is 15.6. The van der Waals surface area contributed by atoms with Crippen molar-refractivity contribution in [3.63, 3.8) is 0 Å². The minimum atomic E-state index is -0.202. The van der Waals surface area contributed by atoms with Crippen LogP contribution in [-0.4, -0.2) is 22.3 Å². The molecular weight excluding hydrogens is 522 g/mol. The molecule has 0 spiro atoms. The molecule has 0 aliphatic carbocycles. The highest BCUT2D eigenvalue weighted by Crippen LogP contribution is 2.34. The molecule has 4 nitrogen and oxygen atoms in total. The first-order chi connectivity index (χ1) is 14.5. The molecule has 0 radical (unpaired) electrons. The van der Waals surface area contributed by atoms with E-state index in [1.54, 1.807) is 12.1 Å². The van der Waals surface area contributed by atoms with Crippen molar-refractivity contribution in [2.24, 2.45) is 0 Å². The number of ether oxygens (including phenoxy) is 2. The fourth-order valence-corrected chi connectivity index (χ4v) is 5.41. The van der Waals surface area contributed by atoms with Gasteiger partial charge in [-0.3, -0.25) is 0 Å². The van der Waals surface area contributed by atoms with Gasteiger partial charge in [-0.1, -0.05) is 0 Å². The van der Waals surface area contributed by atoms with Crippen LogP contribution in [0.2, 0.25) is 0 Å². The molecule has 0 unspecified atom stereocenters. The topological polar surface area (TPSA) is 28.3 Å². The van der Waals surface area contributed by atoms with E-state index in [1.165, 1.54) is 12.1 Å². The molecule has 0 saturated carbocycles. The minimum absolute atomic E-state index is 0.202. The van der Waals surface area contributed by atoms with E-state index in [1.807, 2.05) is 12.1 Å². The van der Waals surface area contributed by atoms with Crippen LogP contribution in [0.25, 0.3) is 21.8 Å². The quantitative estimate of drug-likeness (QED) is 0.268. The lowest BCUT2D eigenvalue weighted by molar-refractivity contribution is 0.0859. The number of hydrogen-bond donors (Lipinski definition) is 0. The SMILES string of the molecule is Fc1ccc2c(c1)c(Br)c1n2CCOC1.Fc1ccc2c(c1)c(Br)c1n2CCOC1. The van der Waals surface area contributed by atoms with Crippen molar-refractivity contribution in [1.82, 2.24) is 9.13 Å². The molecule has 4 aromatic rings. The van der Waals surface area contributed by atoms with E-state index < -0.39 is 0 Å². The Labute approximate surface area is 188 Å². The number of nitrogens with zero attached hydrogens (tertiary/aromatic N) is 2. The first kappa shape index (κ1) is 20.2. The number of halogens is 4. The van der Waals surface area contributed by atoms with Crippen molar-refractivity contribution in [3.8, 4) is 0 Å². The van der Waals surface area contributed by atoms with Gasteiger partial charge in [-0.2, -0.15) is 0 Å². The lowest BCUT2D eigenvalue weighted by Gasteiger charge is -2.16. The third-order valence-corrected chi connectivity index (χ3v) is 7.30. The number of benzene rings is 2. The van der Waals surface area contributed by atoms with Gasteiger partial charge in [-0.25, -0.2) is 8.78 Å². The molecule has 0 bridgehead atoms. The molecule has 2 aliphatic rings. The van der Waals surface area contributed by atoms with Gasteiger partial charge in [-0.05, 0) is 68.3 Å². The monoisotopic (exact) mass is 538 g/mol. The van der Waals surface area contributed by atoms with Crippen molar-refractivity contribution in [2.75, 3.05) is 13.2 Å². The van der Waals surface area contributed by atoms with E-state index in [0.717, 1.165) is 68.4 Å². The Morgan fingerprint density at radius 3 is 1.57 bits per heavy atom. The average Bonchev–Trinajstić information content (AvgIpc) is 3.21. The largest absolute Gasteiger partial charge is 0.373 e. The number of fused-ring (bicyclic) bond motifs is 6. The number of aromatic nitrogens is 2. The van der Waals surface area contributed by atoms with Crippen LogP contribution in [0, 0.1) is 11.6 Å². The molecule has 0 saturated heterocycles. The second-order valence-corrected chi connectivity index (χ2v) is 8.84. The van der Waals surface area contributed by atoms with Gasteiger partial charge in [0.05, 0.1) is 37.8 Å². The zero-order valence-electron chi connectivity index (χ0n) is 15.9. The second-order valence-electron chi connectivity index (χ2n) is 7.25. The van der Waals surface area contributed by atoms with Gasteiger partial charge >= 0.3 is 0 Å². The van der Waals surface area contributed by atoms with Crippen LogP contribution in [0.3, 0.4) is 0 Å². The Bertz CT molecular complexity index is 1170. The van der Waals surface area contributed by atoms with Gasteiger partial charge in [0.15, 0.2) is 0 Å². The lowest BCUT2D eigenvalue weighted by atomic mass is 10.2. The van der Waals surface area contributed by atoms with Crippen LogP contribution >= 0.6 is 31.9 Å². The van der Waals surface area contributed by atoms with Gasteiger partial charge < -0.3 is 18.6 Å². The molecule has 2 aliphatic heterocycles. The van der Waals surface area contributed by atoms with E-state index in [9.17, 15) is 8.78 Å². The Morgan fingerprint density at radius 1 is 0.700 bits per heavy atom. The fraction of sp³-hybridized carbons (Fsp3) is 0.273. The second kappa shape index (κ2) is 8.07. The Kier molecular flexibility index (Phi) is 5.43. The molecule has 4 heterocycles. The molecule has 0 N–H and O–H groups in total. The summed E-state index contributed by atoms with van der Waals surface area (Å²) in [6.07, 6.45) is 0. The highest BCUT2D eigenvalue weighted by molar-refractivity contribution is 9.11. The van der Waals surface area contributed by atoms with E-state index in [2.05, 4.69) is 41.0 Å². The maximum absolute atomic E-state index is 13.1. The first-order valence-corrected chi connectivity index (χ1v) is 11.2. The smallest absolute Gasteiger partial charge is 0.123 e. The van der Waals surface area contributed by atoms with Crippen LogP contribution < -0.4 is 0 Å². The minimum Gasteiger partial charge on any atom is -0.373 e. The molecular formula is C22H18Br2F2N2O2. The Hall–Kier alpha value is -1.74. The van der Waals surface area contributed by atoms with Crippen molar-refractivity contribution < 1.29 is 18.3 Å². The third-order valence-electron chi connectivity index (χ3n) is 5.53. The first-order valence-electron chi connectivity index (χ1n) is 9.62. The number of hydrogen-bond acceptors (Lipinski definition) is 2. The van der Waals surface area contributed by atoms with Crippen LogP contribution in [0.5, 0.6) is 0 Å². The van der Waals surface area contributed by atoms with Crippen molar-refractivity contribution >= 4 is 53.7 Å². The predicted octanol–water partition coefficient (Wildman–Crippen LogP) is 6.15. The molecule has 156 valence electrons. The van der Waals surface area contributed by atoms with Crippen LogP contribution in [0.15, 0.2) is 45.3 Å². The summed E-state index contributed by atoms with van der Waals surface area (Å²) in [6, 6.07) is 9.76. The maximum atomic E-state index is 13.1. The summed E-state index contributed by atoms with van der Waals surface area (Å²) in [5.74, 6) is -0.404. The summed E-state index contributed by atoms with van der Waals surface area (Å²) >= 11 is 7.01. The summed E-state index contributed by atoms with van der Waals surface area (Å²) in [4.78, 5) is 0. The fourth-order valence-electron chi connectivity index (χ4n) is 4.12. The predicted molar refractivity (Wildman–Crippen MR) is 119 cm³/mol. The molecule has 0 fully saturated rings. The van der Waals surface area contributed by atoms with E-state index >= 15 is 0 Å². The van der Waals surface area contributed by atoms with Gasteiger partial charge in [0.25, 0.3) is 0 Å². The van der Waals surface area contributed by atoms with Gasteiger partial charge in [0, 0.05) is 43.8 Å². The molecule has 30 heavy (non-hydrogen) atoms. The van der Waals surface area contributed by atoms with E-state index in [4.69, 9.17) is 9.47 Å². The maximum Gasteiger partial charge on any atom is 0.123 e. The van der Waals surface area contributed by atoms with Crippen LogP contribution in [0.1, 0.15) is 11.4 Å². The summed E-state index contributed by atoms with van der Waals surface area (Å²) in [5, 5.41) is 1.85. The molecule has 2 aromatic heterocycles. The summed E-state index contributed by atoms with van der Waals surface area (Å²) in [6.45, 7) is 4.31. The van der Waals surface area contributed by atoms with Gasteiger partial charge in [-0.15, -0.1) is 0 Å². The van der Waals surface area contributed by atoms with Crippen molar-refractivity contribution in [3.05, 3.63) is 68.4 Å². The highest BCUT2D eigenvalue weighted by atomic mass is 79.9. The molecule has 8 heteroatoms. The zero-order valence-corrected chi connectivity index (χ0v) is 19.1. The summed E-state index contributed by atoms with van der Waals surface area (Å²) in [7, 11) is 0. The molecule has 0 amide bonds. The van der Waals surface area contributed by atoms with E-state index in [-0.39, 0.29) is 11.6 Å². The molecule has 0 atom stereocenters. The van der Waals surface area contributed by atoms with Crippen molar-refractivity contribution in [2.45, 2.75) is 26.3 Å². The zero-order chi connectivity index (χ0) is 20.8. The van der Waals surface area contributed by atoms with Crippen LogP contribution in [-0.2, 0) is 35.8 Å². The molecule has 2 aromatic carbocycles. The highest BCUT2D eigenvalue weighted by Gasteiger charge is 2.19.